The predicted octanol–water partition coefficient (Wildman–Crippen LogP) is 5.58. The largest absolute Gasteiger partial charge is 0.507 e. The maximum Gasteiger partial charge on any atom is 0.342 e. The van der Waals surface area contributed by atoms with E-state index < -0.39 is 5.91 Å². The predicted molar refractivity (Wildman–Crippen MR) is 137 cm³/mol. The number of nitrogens with one attached hydrogen (secondary N) is 2. The van der Waals surface area contributed by atoms with Crippen LogP contribution in [0.2, 0.25) is 5.15 Å². The molecule has 1 fully saturated rings. The van der Waals surface area contributed by atoms with Crippen LogP contribution in [-0.4, -0.2) is 31.8 Å². The van der Waals surface area contributed by atoms with Gasteiger partial charge in [-0.15, -0.1) is 0 Å². The lowest BCUT2D eigenvalue weighted by atomic mass is 9.82. The van der Waals surface area contributed by atoms with Gasteiger partial charge in [-0.25, -0.2) is 9.78 Å². The third kappa shape index (κ3) is 4.94. The maximum absolute atomic E-state index is 13.1. The highest BCUT2D eigenvalue weighted by atomic mass is 35.5. The van der Waals surface area contributed by atoms with Gasteiger partial charge in [0.15, 0.2) is 0 Å². The summed E-state index contributed by atoms with van der Waals surface area (Å²) in [6.07, 6.45) is 4.56. The molecule has 3 N–H and O–H groups in total. The van der Waals surface area contributed by atoms with E-state index in [0.29, 0.717) is 23.5 Å². The minimum atomic E-state index is -0.425. The van der Waals surface area contributed by atoms with Crippen molar-refractivity contribution in [1.82, 2.24) is 20.1 Å². The SMILES string of the molecule is O=C(Nc1ccc(O)c(-c2cc(C3CCC3)n(C(=O)NCc3ccccc3)n2)c1)c1cccnc1Cl. The molecule has 36 heavy (non-hydrogen) atoms. The molecule has 0 atom stereocenters. The summed E-state index contributed by atoms with van der Waals surface area (Å²) >= 11 is 6.04. The third-order valence-electron chi connectivity index (χ3n) is 6.27. The highest BCUT2D eigenvalue weighted by Crippen LogP contribution is 2.39. The molecule has 1 saturated carbocycles. The summed E-state index contributed by atoms with van der Waals surface area (Å²) < 4.78 is 1.39. The Kier molecular flexibility index (Phi) is 6.69. The van der Waals surface area contributed by atoms with E-state index in [4.69, 9.17) is 11.6 Å². The van der Waals surface area contributed by atoms with Crippen molar-refractivity contribution in [2.45, 2.75) is 31.7 Å². The minimum absolute atomic E-state index is 0.0121. The van der Waals surface area contributed by atoms with Gasteiger partial charge in [-0.05, 0) is 54.8 Å². The van der Waals surface area contributed by atoms with Gasteiger partial charge in [0, 0.05) is 29.9 Å². The monoisotopic (exact) mass is 501 g/mol. The summed E-state index contributed by atoms with van der Waals surface area (Å²) in [6.45, 7) is 0.378. The molecule has 8 nitrogen and oxygen atoms in total. The Morgan fingerprint density at radius 1 is 1.06 bits per heavy atom. The van der Waals surface area contributed by atoms with Gasteiger partial charge < -0.3 is 15.7 Å². The molecular weight excluding hydrogens is 478 g/mol. The number of hydrogen-bond acceptors (Lipinski definition) is 5. The molecule has 2 amide bonds. The number of nitrogens with zero attached hydrogens (tertiary/aromatic N) is 3. The number of amides is 2. The Bertz CT molecular complexity index is 1420. The Morgan fingerprint density at radius 3 is 2.58 bits per heavy atom. The van der Waals surface area contributed by atoms with Crippen LogP contribution in [-0.2, 0) is 6.54 Å². The molecule has 2 aromatic carbocycles. The molecule has 0 bridgehead atoms. The molecule has 2 heterocycles. The third-order valence-corrected chi connectivity index (χ3v) is 6.57. The number of phenols is 1. The van der Waals surface area contributed by atoms with E-state index in [1.54, 1.807) is 24.3 Å². The number of rotatable bonds is 6. The number of hydrogen-bond donors (Lipinski definition) is 3. The van der Waals surface area contributed by atoms with E-state index >= 15 is 0 Å². The van der Waals surface area contributed by atoms with E-state index in [1.165, 1.54) is 16.9 Å². The van der Waals surface area contributed by atoms with E-state index in [0.717, 1.165) is 30.5 Å². The van der Waals surface area contributed by atoms with Gasteiger partial charge in [-0.1, -0.05) is 48.4 Å². The molecule has 5 rings (SSSR count). The molecule has 0 spiro atoms. The number of anilines is 1. The zero-order valence-corrected chi connectivity index (χ0v) is 20.1. The van der Waals surface area contributed by atoms with Gasteiger partial charge in [-0.3, -0.25) is 4.79 Å². The first-order chi connectivity index (χ1) is 17.5. The lowest BCUT2D eigenvalue weighted by Crippen LogP contribution is -2.31. The quantitative estimate of drug-likeness (QED) is 0.236. The average Bonchev–Trinajstić information content (AvgIpc) is 3.28. The lowest BCUT2D eigenvalue weighted by molar-refractivity contribution is 0.102. The molecule has 0 radical (unpaired) electrons. The van der Waals surface area contributed by atoms with E-state index in [1.807, 2.05) is 36.4 Å². The highest BCUT2D eigenvalue weighted by Gasteiger charge is 2.27. The van der Waals surface area contributed by atoms with Gasteiger partial charge in [0.1, 0.15) is 10.9 Å². The first-order valence-corrected chi connectivity index (χ1v) is 12.0. The van der Waals surface area contributed by atoms with Crippen LogP contribution in [0.25, 0.3) is 11.3 Å². The molecule has 1 aliphatic carbocycles. The number of aromatic nitrogens is 3. The van der Waals surface area contributed by atoms with Crippen LogP contribution < -0.4 is 10.6 Å². The fraction of sp³-hybridized carbons (Fsp3) is 0.185. The summed E-state index contributed by atoms with van der Waals surface area (Å²) in [5.74, 6) is -0.209. The van der Waals surface area contributed by atoms with Crippen molar-refractivity contribution in [3.8, 4) is 17.0 Å². The summed E-state index contributed by atoms with van der Waals surface area (Å²) in [4.78, 5) is 29.7. The van der Waals surface area contributed by atoms with Crippen molar-refractivity contribution >= 4 is 29.2 Å². The first-order valence-electron chi connectivity index (χ1n) is 11.7. The van der Waals surface area contributed by atoms with Crippen LogP contribution in [0.1, 0.15) is 46.8 Å². The van der Waals surface area contributed by atoms with Gasteiger partial charge >= 0.3 is 6.03 Å². The van der Waals surface area contributed by atoms with Gasteiger partial charge in [-0.2, -0.15) is 9.78 Å². The van der Waals surface area contributed by atoms with Crippen LogP contribution in [0.3, 0.4) is 0 Å². The zero-order valence-electron chi connectivity index (χ0n) is 19.3. The number of benzene rings is 2. The van der Waals surface area contributed by atoms with Gasteiger partial charge in [0.2, 0.25) is 0 Å². The fourth-order valence-electron chi connectivity index (χ4n) is 4.11. The molecule has 0 aliphatic heterocycles. The number of pyridine rings is 1. The second-order valence-electron chi connectivity index (χ2n) is 8.67. The van der Waals surface area contributed by atoms with Crippen molar-refractivity contribution < 1.29 is 14.7 Å². The van der Waals surface area contributed by atoms with Crippen LogP contribution in [0.4, 0.5) is 10.5 Å². The Labute approximate surface area is 212 Å². The van der Waals surface area contributed by atoms with Crippen LogP contribution in [0, 0.1) is 0 Å². The minimum Gasteiger partial charge on any atom is -0.507 e. The zero-order chi connectivity index (χ0) is 25.1. The second-order valence-corrected chi connectivity index (χ2v) is 9.02. The Hall–Kier alpha value is -4.17. The molecule has 0 saturated heterocycles. The lowest BCUT2D eigenvalue weighted by Gasteiger charge is -2.25. The van der Waals surface area contributed by atoms with E-state index in [2.05, 4.69) is 20.7 Å². The Balaban J connectivity index is 1.41. The van der Waals surface area contributed by atoms with Gasteiger partial charge in [0.05, 0.1) is 17.0 Å². The van der Waals surface area contributed by atoms with Crippen molar-refractivity contribution in [2.75, 3.05) is 5.32 Å². The first kappa shape index (κ1) is 23.6. The molecule has 1 aliphatic rings. The fourth-order valence-corrected chi connectivity index (χ4v) is 4.31. The summed E-state index contributed by atoms with van der Waals surface area (Å²) in [5, 5.41) is 20.9. The number of halogens is 1. The van der Waals surface area contributed by atoms with Crippen LogP contribution >= 0.6 is 11.6 Å². The maximum atomic E-state index is 13.1. The average molecular weight is 502 g/mol. The van der Waals surface area contributed by atoms with E-state index in [9.17, 15) is 14.7 Å². The Morgan fingerprint density at radius 2 is 1.86 bits per heavy atom. The van der Waals surface area contributed by atoms with Crippen molar-refractivity contribution in [1.29, 1.82) is 0 Å². The number of carbonyl (C=O) groups excluding carboxylic acids is 2. The molecular formula is C27H24ClN5O3. The van der Waals surface area contributed by atoms with Crippen molar-refractivity contribution in [3.63, 3.8) is 0 Å². The number of carbonyl (C=O) groups is 2. The molecule has 9 heteroatoms. The second kappa shape index (κ2) is 10.2. The summed E-state index contributed by atoms with van der Waals surface area (Å²) in [7, 11) is 0. The van der Waals surface area contributed by atoms with Crippen molar-refractivity contribution in [3.05, 3.63) is 94.9 Å². The molecule has 182 valence electrons. The normalized spacial score (nSPS) is 13.1. The van der Waals surface area contributed by atoms with E-state index in [-0.39, 0.29) is 28.4 Å². The van der Waals surface area contributed by atoms with Crippen LogP contribution in [0.15, 0.2) is 72.9 Å². The smallest absolute Gasteiger partial charge is 0.342 e. The standard InChI is InChI=1S/C27H24ClN5O3/c28-25-20(10-5-13-29-25)26(35)31-19-11-12-24(34)21(14-19)22-15-23(18-8-4-9-18)33(32-22)27(36)30-16-17-6-2-1-3-7-17/h1-3,5-7,10-15,18,34H,4,8-9,16H2,(H,30,36)(H,31,35). The molecule has 2 aromatic heterocycles. The molecule has 4 aromatic rings. The number of aromatic hydroxyl groups is 1. The summed E-state index contributed by atoms with van der Waals surface area (Å²) in [6, 6.07) is 19.0. The van der Waals surface area contributed by atoms with Crippen LogP contribution in [0.5, 0.6) is 5.75 Å². The number of phenolic OH excluding ortho intramolecular Hbond substituents is 1. The highest BCUT2D eigenvalue weighted by molar-refractivity contribution is 6.33. The molecule has 0 unspecified atom stereocenters. The van der Waals surface area contributed by atoms with Crippen molar-refractivity contribution in [2.24, 2.45) is 0 Å². The topological polar surface area (TPSA) is 109 Å². The summed E-state index contributed by atoms with van der Waals surface area (Å²) in [5.41, 5.74) is 3.32. The van der Waals surface area contributed by atoms with Gasteiger partial charge in [0.25, 0.3) is 5.91 Å².